The number of para-hydroxylation sites is 1. The van der Waals surface area contributed by atoms with Crippen molar-refractivity contribution in [3.63, 3.8) is 0 Å². The van der Waals surface area contributed by atoms with E-state index < -0.39 is 6.04 Å². The molecule has 5 aromatic rings. The van der Waals surface area contributed by atoms with Crippen LogP contribution in [0.15, 0.2) is 71.5 Å². The Bertz CT molecular complexity index is 1660. The van der Waals surface area contributed by atoms with Crippen LogP contribution < -0.4 is 14.8 Å². The van der Waals surface area contributed by atoms with E-state index >= 15 is 0 Å². The van der Waals surface area contributed by atoms with Crippen molar-refractivity contribution in [3.8, 4) is 34.2 Å². The zero-order chi connectivity index (χ0) is 27.8. The third-order valence-corrected chi connectivity index (χ3v) is 7.43. The number of benzene rings is 2. The van der Waals surface area contributed by atoms with E-state index in [1.165, 1.54) is 0 Å². The second-order valence-electron chi connectivity index (χ2n) is 10.4. The van der Waals surface area contributed by atoms with Gasteiger partial charge in [0.05, 0.1) is 43.4 Å². The van der Waals surface area contributed by atoms with Gasteiger partial charge in [0.15, 0.2) is 17.3 Å². The van der Waals surface area contributed by atoms with Crippen molar-refractivity contribution in [3.05, 3.63) is 83.7 Å². The average molecular weight is 540 g/mol. The number of ether oxygens (including phenoxy) is 2. The Balaban J connectivity index is 1.37. The fourth-order valence-electron chi connectivity index (χ4n) is 5.63. The molecule has 0 radical (unpaired) electrons. The summed E-state index contributed by atoms with van der Waals surface area (Å²) in [4.78, 5) is 17.1. The lowest BCUT2D eigenvalue weighted by Gasteiger charge is -2.23. The summed E-state index contributed by atoms with van der Waals surface area (Å²) in [5, 5.41) is 14.4. The molecule has 40 heavy (non-hydrogen) atoms. The van der Waals surface area contributed by atoms with Gasteiger partial charge in [-0.3, -0.25) is 4.79 Å². The number of H-pyrrole nitrogens is 1. The standard InChI is InChI=1S/C32H33N3O5/c1-19(2)40-30-16-24-20(14-29(30)38-3)10-11-35-27(24)15-25(31(35)28-9-6-12-39-28)32(37)34-22(18-36)13-21-17-33-26-8-5-4-7-23(21)26/h4-9,12,14-17,19,22,33,36H,10-11,13,18H2,1-3H3,(H,34,37)/t22-/m1/s1. The second-order valence-corrected chi connectivity index (χ2v) is 10.4. The first kappa shape index (κ1) is 25.8. The maximum atomic E-state index is 13.8. The zero-order valence-electron chi connectivity index (χ0n) is 22.9. The Kier molecular flexibility index (Phi) is 6.86. The molecule has 1 amide bonds. The molecule has 6 rings (SSSR count). The number of aromatic amines is 1. The summed E-state index contributed by atoms with van der Waals surface area (Å²) >= 11 is 0. The minimum absolute atomic E-state index is 0.0186. The summed E-state index contributed by atoms with van der Waals surface area (Å²) in [7, 11) is 1.64. The number of fused-ring (bicyclic) bond motifs is 4. The van der Waals surface area contributed by atoms with E-state index in [-0.39, 0.29) is 18.6 Å². The molecule has 0 saturated carbocycles. The van der Waals surface area contributed by atoms with Gasteiger partial charge < -0.3 is 33.9 Å². The van der Waals surface area contributed by atoms with Crippen molar-refractivity contribution in [1.82, 2.24) is 14.9 Å². The number of rotatable bonds is 9. The van der Waals surface area contributed by atoms with Crippen molar-refractivity contribution in [2.24, 2.45) is 0 Å². The number of carbonyl (C=O) groups excluding carboxylic acids is 1. The number of carbonyl (C=O) groups is 1. The molecular formula is C32H33N3O5. The van der Waals surface area contributed by atoms with Crippen LogP contribution in [0.2, 0.25) is 0 Å². The Hall–Kier alpha value is -4.43. The van der Waals surface area contributed by atoms with E-state index in [1.807, 2.05) is 74.6 Å². The van der Waals surface area contributed by atoms with Gasteiger partial charge in [0.1, 0.15) is 0 Å². The fraction of sp³-hybridized carbons (Fsp3) is 0.281. The van der Waals surface area contributed by atoms with Crippen molar-refractivity contribution < 1.29 is 23.8 Å². The third kappa shape index (κ3) is 4.64. The van der Waals surface area contributed by atoms with Crippen LogP contribution in [-0.4, -0.2) is 46.4 Å². The number of nitrogens with one attached hydrogen (secondary N) is 2. The van der Waals surface area contributed by atoms with E-state index in [0.717, 1.165) is 39.7 Å². The summed E-state index contributed by atoms with van der Waals surface area (Å²) < 4.78 is 19.6. The molecule has 0 fully saturated rings. The van der Waals surface area contributed by atoms with Crippen LogP contribution in [-0.2, 0) is 19.4 Å². The van der Waals surface area contributed by atoms with Gasteiger partial charge in [-0.25, -0.2) is 0 Å². The van der Waals surface area contributed by atoms with E-state index in [2.05, 4.69) is 14.9 Å². The van der Waals surface area contributed by atoms with Crippen LogP contribution >= 0.6 is 0 Å². The first-order valence-electron chi connectivity index (χ1n) is 13.6. The average Bonchev–Trinajstić information content (AvgIpc) is 3.70. The maximum absolute atomic E-state index is 13.8. The molecule has 206 valence electrons. The van der Waals surface area contributed by atoms with Gasteiger partial charge in [-0.2, -0.15) is 0 Å². The van der Waals surface area contributed by atoms with Gasteiger partial charge in [0.25, 0.3) is 5.91 Å². The molecule has 8 nitrogen and oxygen atoms in total. The highest BCUT2D eigenvalue weighted by molar-refractivity contribution is 6.02. The topological polar surface area (TPSA) is 102 Å². The van der Waals surface area contributed by atoms with Gasteiger partial charge in [-0.1, -0.05) is 18.2 Å². The lowest BCUT2D eigenvalue weighted by atomic mass is 9.97. The predicted molar refractivity (Wildman–Crippen MR) is 154 cm³/mol. The SMILES string of the molecule is COc1cc2c(cc1OC(C)C)-c1cc(C(=O)N[C@@H](CO)Cc3c[nH]c4ccccc34)c(-c3ccco3)n1CC2. The molecule has 0 bridgehead atoms. The zero-order valence-corrected chi connectivity index (χ0v) is 22.9. The number of aliphatic hydroxyl groups excluding tert-OH is 1. The Morgan fingerprint density at radius 1 is 1.15 bits per heavy atom. The molecular weight excluding hydrogens is 506 g/mol. The molecule has 8 heteroatoms. The van der Waals surface area contributed by atoms with Crippen LogP contribution in [0.25, 0.3) is 33.6 Å². The molecule has 2 aromatic carbocycles. The Morgan fingerprint density at radius 3 is 2.75 bits per heavy atom. The van der Waals surface area contributed by atoms with Crippen molar-refractivity contribution in [1.29, 1.82) is 0 Å². The molecule has 3 N–H and O–H groups in total. The Labute approximate surface area is 232 Å². The first-order valence-corrected chi connectivity index (χ1v) is 13.6. The molecule has 1 atom stereocenters. The Morgan fingerprint density at radius 2 is 2.00 bits per heavy atom. The summed E-state index contributed by atoms with van der Waals surface area (Å²) in [6.07, 6.45) is 4.79. The van der Waals surface area contributed by atoms with E-state index in [9.17, 15) is 9.90 Å². The van der Waals surface area contributed by atoms with Gasteiger partial charge in [0, 0.05) is 34.9 Å². The largest absolute Gasteiger partial charge is 0.493 e. The number of aryl methyl sites for hydroxylation is 1. The molecule has 1 aliphatic rings. The van der Waals surface area contributed by atoms with Crippen LogP contribution in [0.3, 0.4) is 0 Å². The number of hydrogen-bond donors (Lipinski definition) is 3. The van der Waals surface area contributed by atoms with Crippen LogP contribution in [0.5, 0.6) is 11.5 Å². The van der Waals surface area contributed by atoms with Gasteiger partial charge >= 0.3 is 0 Å². The summed E-state index contributed by atoms with van der Waals surface area (Å²) in [5.41, 5.74) is 6.31. The molecule has 0 aliphatic carbocycles. The van der Waals surface area contributed by atoms with Crippen LogP contribution in [0.4, 0.5) is 0 Å². The molecule has 1 aliphatic heterocycles. The summed E-state index contributed by atoms with van der Waals surface area (Å²) in [5.74, 6) is 1.71. The molecule has 0 saturated heterocycles. The van der Waals surface area contributed by atoms with E-state index in [0.29, 0.717) is 41.5 Å². The lowest BCUT2D eigenvalue weighted by Crippen LogP contribution is -2.39. The van der Waals surface area contributed by atoms with E-state index in [4.69, 9.17) is 13.9 Å². The highest BCUT2D eigenvalue weighted by Gasteiger charge is 2.29. The third-order valence-electron chi connectivity index (χ3n) is 7.43. The number of hydrogen-bond acceptors (Lipinski definition) is 5. The second kappa shape index (κ2) is 10.6. The van der Waals surface area contributed by atoms with E-state index in [1.54, 1.807) is 13.4 Å². The van der Waals surface area contributed by atoms with Crippen LogP contribution in [0, 0.1) is 0 Å². The molecule has 4 heterocycles. The first-order chi connectivity index (χ1) is 19.5. The highest BCUT2D eigenvalue weighted by atomic mass is 16.5. The summed E-state index contributed by atoms with van der Waals surface area (Å²) in [6, 6.07) is 17.2. The van der Waals surface area contributed by atoms with Crippen molar-refractivity contribution >= 4 is 16.8 Å². The molecule has 0 spiro atoms. The smallest absolute Gasteiger partial charge is 0.253 e. The maximum Gasteiger partial charge on any atom is 0.253 e. The van der Waals surface area contributed by atoms with Gasteiger partial charge in [-0.05, 0) is 74.2 Å². The minimum atomic E-state index is -0.462. The number of furan rings is 1. The predicted octanol–water partition coefficient (Wildman–Crippen LogP) is 5.58. The normalized spacial score (nSPS) is 13.2. The highest BCUT2D eigenvalue weighted by Crippen LogP contribution is 2.43. The molecule has 0 unspecified atom stereocenters. The monoisotopic (exact) mass is 539 g/mol. The minimum Gasteiger partial charge on any atom is -0.493 e. The summed E-state index contributed by atoms with van der Waals surface area (Å²) in [6.45, 7) is 4.45. The lowest BCUT2D eigenvalue weighted by molar-refractivity contribution is 0.0917. The van der Waals surface area contributed by atoms with Crippen molar-refractivity contribution in [2.75, 3.05) is 13.7 Å². The van der Waals surface area contributed by atoms with Gasteiger partial charge in [0.2, 0.25) is 0 Å². The molecule has 3 aromatic heterocycles. The van der Waals surface area contributed by atoms with Crippen LogP contribution in [0.1, 0.15) is 35.3 Å². The number of amides is 1. The quantitative estimate of drug-likeness (QED) is 0.227. The number of aliphatic hydroxyl groups is 1. The van der Waals surface area contributed by atoms with Crippen molar-refractivity contribution in [2.45, 2.75) is 45.4 Å². The fourth-order valence-corrected chi connectivity index (χ4v) is 5.63. The number of methoxy groups -OCH3 is 1. The number of aromatic nitrogens is 2. The van der Waals surface area contributed by atoms with Gasteiger partial charge in [-0.15, -0.1) is 0 Å². The number of nitrogens with zero attached hydrogens (tertiary/aromatic N) is 1.